The second-order valence-corrected chi connectivity index (χ2v) is 7.73. The van der Waals surface area contributed by atoms with Crippen molar-refractivity contribution in [2.24, 2.45) is 0 Å². The number of carbonyl (C=O) groups is 1. The van der Waals surface area contributed by atoms with Crippen molar-refractivity contribution in [1.29, 1.82) is 0 Å². The maximum absolute atomic E-state index is 12.7. The van der Waals surface area contributed by atoms with Crippen LogP contribution in [-0.2, 0) is 11.2 Å². The zero-order valence-electron chi connectivity index (χ0n) is 16.4. The second-order valence-electron chi connectivity index (χ2n) is 7.29. The average molecular weight is 410 g/mol. The molecule has 1 aliphatic rings. The van der Waals surface area contributed by atoms with Crippen molar-refractivity contribution in [3.05, 3.63) is 71.4 Å². The van der Waals surface area contributed by atoms with Gasteiger partial charge in [0.05, 0.1) is 17.8 Å². The van der Waals surface area contributed by atoms with Crippen molar-refractivity contribution in [3.8, 4) is 16.9 Å². The number of rotatable bonds is 5. The fourth-order valence-corrected chi connectivity index (χ4v) is 3.54. The van der Waals surface area contributed by atoms with Crippen molar-refractivity contribution in [2.45, 2.75) is 6.42 Å². The Balaban J connectivity index is 1.58. The van der Waals surface area contributed by atoms with Gasteiger partial charge in [0.2, 0.25) is 5.91 Å². The van der Waals surface area contributed by atoms with Gasteiger partial charge >= 0.3 is 0 Å². The van der Waals surface area contributed by atoms with Gasteiger partial charge in [-0.05, 0) is 31.3 Å². The quantitative estimate of drug-likeness (QED) is 0.703. The van der Waals surface area contributed by atoms with Crippen LogP contribution in [0.25, 0.3) is 16.9 Å². The van der Waals surface area contributed by atoms with Crippen LogP contribution in [0, 0.1) is 0 Å². The SMILES string of the molecule is CN1CCN(NC(=O)Cc2cn(-c3ccccc3)nc2-c2ccc(Cl)cc2)CC1. The number of hydrogen-bond donors (Lipinski definition) is 1. The van der Waals surface area contributed by atoms with E-state index in [4.69, 9.17) is 16.7 Å². The minimum Gasteiger partial charge on any atom is -0.304 e. The summed E-state index contributed by atoms with van der Waals surface area (Å²) in [6, 6.07) is 17.4. The molecule has 0 saturated carbocycles. The summed E-state index contributed by atoms with van der Waals surface area (Å²) < 4.78 is 1.82. The largest absolute Gasteiger partial charge is 0.304 e. The number of likely N-dealkylation sites (N-methyl/N-ethyl adjacent to an activating group) is 1. The summed E-state index contributed by atoms with van der Waals surface area (Å²) in [4.78, 5) is 15.0. The van der Waals surface area contributed by atoms with Gasteiger partial charge in [-0.1, -0.05) is 41.9 Å². The Kier molecular flexibility index (Phi) is 5.94. The van der Waals surface area contributed by atoms with Crippen LogP contribution in [0.5, 0.6) is 0 Å². The molecule has 2 aromatic carbocycles. The third-order valence-electron chi connectivity index (χ3n) is 5.07. The Hall–Kier alpha value is -2.67. The van der Waals surface area contributed by atoms with Crippen LogP contribution in [0.1, 0.15) is 5.56 Å². The number of piperazine rings is 1. The molecule has 29 heavy (non-hydrogen) atoms. The van der Waals surface area contributed by atoms with E-state index in [1.807, 2.05) is 70.5 Å². The lowest BCUT2D eigenvalue weighted by molar-refractivity contribution is -0.126. The molecule has 0 radical (unpaired) electrons. The summed E-state index contributed by atoms with van der Waals surface area (Å²) in [6.07, 6.45) is 2.19. The Morgan fingerprint density at radius 2 is 1.72 bits per heavy atom. The summed E-state index contributed by atoms with van der Waals surface area (Å²) in [5, 5.41) is 7.43. The van der Waals surface area contributed by atoms with Gasteiger partial charge in [-0.25, -0.2) is 9.69 Å². The molecule has 1 saturated heterocycles. The highest BCUT2D eigenvalue weighted by Gasteiger charge is 2.19. The van der Waals surface area contributed by atoms with E-state index in [1.54, 1.807) is 0 Å². The number of aromatic nitrogens is 2. The minimum atomic E-state index is -0.0302. The van der Waals surface area contributed by atoms with Crippen molar-refractivity contribution >= 4 is 17.5 Å². The lowest BCUT2D eigenvalue weighted by Gasteiger charge is -2.32. The zero-order chi connectivity index (χ0) is 20.2. The highest BCUT2D eigenvalue weighted by Crippen LogP contribution is 2.25. The number of nitrogens with zero attached hydrogens (tertiary/aromatic N) is 4. The van der Waals surface area contributed by atoms with Gasteiger partial charge in [0, 0.05) is 48.5 Å². The van der Waals surface area contributed by atoms with E-state index in [1.165, 1.54) is 0 Å². The number of hydrogen-bond acceptors (Lipinski definition) is 4. The molecule has 0 bridgehead atoms. The highest BCUT2D eigenvalue weighted by molar-refractivity contribution is 6.30. The van der Waals surface area contributed by atoms with Crippen molar-refractivity contribution in [2.75, 3.05) is 33.2 Å². The van der Waals surface area contributed by atoms with Gasteiger partial charge in [0.15, 0.2) is 0 Å². The first-order valence-electron chi connectivity index (χ1n) is 9.71. The fourth-order valence-electron chi connectivity index (χ4n) is 3.41. The van der Waals surface area contributed by atoms with E-state index in [2.05, 4.69) is 17.4 Å². The van der Waals surface area contributed by atoms with E-state index in [9.17, 15) is 4.79 Å². The second kappa shape index (κ2) is 8.78. The molecule has 3 aromatic rings. The molecule has 7 heteroatoms. The molecule has 0 aliphatic carbocycles. The predicted molar refractivity (Wildman–Crippen MR) is 115 cm³/mol. The molecule has 0 atom stereocenters. The number of para-hydroxylation sites is 1. The molecule has 4 rings (SSSR count). The lowest BCUT2D eigenvalue weighted by Crippen LogP contribution is -2.52. The van der Waals surface area contributed by atoms with Gasteiger partial charge in [-0.2, -0.15) is 5.10 Å². The molecule has 1 aromatic heterocycles. The minimum absolute atomic E-state index is 0.0302. The van der Waals surface area contributed by atoms with Gasteiger partial charge in [0.25, 0.3) is 0 Å². The molecular weight excluding hydrogens is 386 g/mol. The van der Waals surface area contributed by atoms with Crippen LogP contribution in [0.3, 0.4) is 0 Å². The van der Waals surface area contributed by atoms with Gasteiger partial charge in [0.1, 0.15) is 0 Å². The molecule has 1 aliphatic heterocycles. The van der Waals surface area contributed by atoms with E-state index < -0.39 is 0 Å². The monoisotopic (exact) mass is 409 g/mol. The number of carbonyl (C=O) groups excluding carboxylic acids is 1. The van der Waals surface area contributed by atoms with Gasteiger partial charge in [-0.15, -0.1) is 0 Å². The van der Waals surface area contributed by atoms with Crippen LogP contribution in [0.15, 0.2) is 60.8 Å². The molecular formula is C22H24ClN5O. The van der Waals surface area contributed by atoms with E-state index in [0.717, 1.165) is 48.7 Å². The maximum atomic E-state index is 12.7. The first-order chi connectivity index (χ1) is 14.1. The Morgan fingerprint density at radius 1 is 1.03 bits per heavy atom. The number of halogens is 1. The van der Waals surface area contributed by atoms with Crippen LogP contribution in [0.2, 0.25) is 5.02 Å². The Labute approximate surface area is 175 Å². The number of hydrazine groups is 1. The van der Waals surface area contributed by atoms with Crippen LogP contribution < -0.4 is 5.43 Å². The molecule has 1 amide bonds. The van der Waals surface area contributed by atoms with Gasteiger partial charge in [-0.3, -0.25) is 10.2 Å². The predicted octanol–water partition coefficient (Wildman–Crippen LogP) is 3.01. The molecule has 150 valence electrons. The van der Waals surface area contributed by atoms with Crippen LogP contribution in [0.4, 0.5) is 0 Å². The lowest BCUT2D eigenvalue weighted by atomic mass is 10.1. The molecule has 1 fully saturated rings. The topological polar surface area (TPSA) is 53.4 Å². The molecule has 6 nitrogen and oxygen atoms in total. The number of nitrogens with one attached hydrogen (secondary N) is 1. The molecule has 1 N–H and O–H groups in total. The first-order valence-corrected chi connectivity index (χ1v) is 10.1. The van der Waals surface area contributed by atoms with Crippen molar-refractivity contribution in [3.63, 3.8) is 0 Å². The normalized spacial score (nSPS) is 15.4. The van der Waals surface area contributed by atoms with Crippen LogP contribution >= 0.6 is 11.6 Å². The average Bonchev–Trinajstić information content (AvgIpc) is 3.14. The molecule has 0 unspecified atom stereocenters. The van der Waals surface area contributed by atoms with E-state index in [-0.39, 0.29) is 12.3 Å². The van der Waals surface area contributed by atoms with Gasteiger partial charge < -0.3 is 4.90 Å². The summed E-state index contributed by atoms with van der Waals surface area (Å²) >= 11 is 6.04. The number of benzene rings is 2. The third kappa shape index (κ3) is 4.85. The summed E-state index contributed by atoms with van der Waals surface area (Å²) in [7, 11) is 2.09. The summed E-state index contributed by atoms with van der Waals surface area (Å²) in [5.74, 6) is -0.0302. The standard InChI is InChI=1S/C22H24ClN5O/c1-26-11-13-27(14-12-26)24-21(29)15-18-16-28(20-5-3-2-4-6-20)25-22(18)17-7-9-19(23)10-8-17/h2-10,16H,11-15H2,1H3,(H,24,29). The van der Waals surface area contributed by atoms with E-state index in [0.29, 0.717) is 5.02 Å². The molecule has 0 spiro atoms. The molecule has 2 heterocycles. The maximum Gasteiger partial charge on any atom is 0.238 e. The van der Waals surface area contributed by atoms with E-state index >= 15 is 0 Å². The smallest absolute Gasteiger partial charge is 0.238 e. The Morgan fingerprint density at radius 3 is 2.41 bits per heavy atom. The van der Waals surface area contributed by atoms with Crippen LogP contribution in [-0.4, -0.2) is 58.8 Å². The summed E-state index contributed by atoms with van der Waals surface area (Å²) in [5.41, 5.74) is 6.59. The van der Waals surface area contributed by atoms with Crippen molar-refractivity contribution < 1.29 is 4.79 Å². The van der Waals surface area contributed by atoms with Crippen molar-refractivity contribution in [1.82, 2.24) is 25.1 Å². The zero-order valence-corrected chi connectivity index (χ0v) is 17.1. The fraction of sp³-hybridized carbons (Fsp3) is 0.273. The highest BCUT2D eigenvalue weighted by atomic mass is 35.5. The summed E-state index contributed by atoms with van der Waals surface area (Å²) in [6.45, 7) is 3.55. The number of amides is 1. The first kappa shape index (κ1) is 19.6. The third-order valence-corrected chi connectivity index (χ3v) is 5.32. The Bertz CT molecular complexity index is 963.